The smallest absolute Gasteiger partial charge is 0.272 e. The summed E-state index contributed by atoms with van der Waals surface area (Å²) in [4.78, 5) is 27.6. The molecular formula is C17H16N4O2. The molecule has 3 rings (SSSR count). The molecule has 0 aliphatic carbocycles. The Kier molecular flexibility index (Phi) is 4.14. The minimum absolute atomic E-state index is 0.0922. The minimum atomic E-state index is -0.275. The summed E-state index contributed by atoms with van der Waals surface area (Å²) < 4.78 is 0. The molecule has 23 heavy (non-hydrogen) atoms. The first-order valence-electron chi connectivity index (χ1n) is 7.37. The Balaban J connectivity index is 2.02. The van der Waals surface area contributed by atoms with Gasteiger partial charge in [0.05, 0.1) is 11.1 Å². The van der Waals surface area contributed by atoms with Crippen molar-refractivity contribution < 1.29 is 4.79 Å². The van der Waals surface area contributed by atoms with Crippen molar-refractivity contribution in [3.8, 4) is 0 Å². The topological polar surface area (TPSA) is 87.7 Å². The van der Waals surface area contributed by atoms with E-state index in [1.165, 1.54) is 0 Å². The zero-order valence-corrected chi connectivity index (χ0v) is 12.7. The number of H-pyrrole nitrogens is 1. The lowest BCUT2D eigenvalue weighted by molar-refractivity contribution is -0.115. The minimum Gasteiger partial charge on any atom is -0.326 e. The molecule has 6 nitrogen and oxygen atoms in total. The molecule has 0 spiro atoms. The number of aromatic nitrogens is 3. The number of nitrogens with zero attached hydrogens (tertiary/aromatic N) is 2. The SMILES string of the molecule is CCC(=O)Nc1ccc2c(Cc3cccnc3)n[nH]c(=O)c2c1. The van der Waals surface area contributed by atoms with E-state index in [0.29, 0.717) is 23.9 Å². The first-order valence-corrected chi connectivity index (χ1v) is 7.37. The molecule has 1 aromatic carbocycles. The molecule has 0 atom stereocenters. The summed E-state index contributed by atoms with van der Waals surface area (Å²) in [6.07, 6.45) is 4.44. The van der Waals surface area contributed by atoms with Gasteiger partial charge in [0, 0.05) is 36.3 Å². The molecule has 3 aromatic rings. The van der Waals surface area contributed by atoms with Gasteiger partial charge in [0.1, 0.15) is 0 Å². The van der Waals surface area contributed by atoms with Crippen LogP contribution in [-0.2, 0) is 11.2 Å². The third-order valence-corrected chi connectivity index (χ3v) is 3.57. The van der Waals surface area contributed by atoms with Crippen LogP contribution in [0, 0.1) is 0 Å². The van der Waals surface area contributed by atoms with Gasteiger partial charge in [-0.2, -0.15) is 5.10 Å². The van der Waals surface area contributed by atoms with Crippen molar-refractivity contribution >= 4 is 22.4 Å². The summed E-state index contributed by atoms with van der Waals surface area (Å²) in [5.41, 5.74) is 2.11. The summed E-state index contributed by atoms with van der Waals surface area (Å²) in [6.45, 7) is 1.78. The summed E-state index contributed by atoms with van der Waals surface area (Å²) in [5, 5.41) is 10.7. The molecule has 0 aliphatic heterocycles. The van der Waals surface area contributed by atoms with E-state index in [2.05, 4.69) is 20.5 Å². The van der Waals surface area contributed by atoms with Crippen LogP contribution in [0.25, 0.3) is 10.8 Å². The molecule has 0 bridgehead atoms. The Labute approximate surface area is 132 Å². The highest BCUT2D eigenvalue weighted by atomic mass is 16.1. The second-order valence-corrected chi connectivity index (χ2v) is 5.20. The highest BCUT2D eigenvalue weighted by Crippen LogP contribution is 2.20. The number of hydrogen-bond acceptors (Lipinski definition) is 4. The Morgan fingerprint density at radius 1 is 1.26 bits per heavy atom. The van der Waals surface area contributed by atoms with Crippen molar-refractivity contribution in [1.82, 2.24) is 15.2 Å². The quantitative estimate of drug-likeness (QED) is 0.774. The summed E-state index contributed by atoms with van der Waals surface area (Å²) in [7, 11) is 0. The van der Waals surface area contributed by atoms with Crippen molar-refractivity contribution in [1.29, 1.82) is 0 Å². The fraction of sp³-hybridized carbons (Fsp3) is 0.176. The van der Waals surface area contributed by atoms with E-state index in [1.54, 1.807) is 31.5 Å². The number of anilines is 1. The molecule has 0 saturated heterocycles. The standard InChI is InChI=1S/C17H16N4O2/c1-2-16(22)19-12-5-6-13-14(9-12)17(23)21-20-15(13)8-11-4-3-7-18-10-11/h3-7,9-10H,2,8H2,1H3,(H,19,22)(H,21,23). The average molecular weight is 308 g/mol. The van der Waals surface area contributed by atoms with Crippen molar-refractivity contribution in [2.45, 2.75) is 19.8 Å². The van der Waals surface area contributed by atoms with Gasteiger partial charge < -0.3 is 5.32 Å². The van der Waals surface area contributed by atoms with Gasteiger partial charge in [-0.25, -0.2) is 5.10 Å². The maximum Gasteiger partial charge on any atom is 0.272 e. The monoisotopic (exact) mass is 308 g/mol. The maximum atomic E-state index is 12.0. The van der Waals surface area contributed by atoms with E-state index in [9.17, 15) is 9.59 Å². The van der Waals surface area contributed by atoms with Gasteiger partial charge in [-0.15, -0.1) is 0 Å². The number of aromatic amines is 1. The van der Waals surface area contributed by atoms with E-state index < -0.39 is 0 Å². The number of carbonyl (C=O) groups is 1. The molecular weight excluding hydrogens is 292 g/mol. The highest BCUT2D eigenvalue weighted by molar-refractivity contribution is 5.94. The van der Waals surface area contributed by atoms with E-state index >= 15 is 0 Å². The third kappa shape index (κ3) is 3.26. The lowest BCUT2D eigenvalue weighted by Crippen LogP contribution is -2.13. The van der Waals surface area contributed by atoms with Gasteiger partial charge in [0.2, 0.25) is 5.91 Å². The van der Waals surface area contributed by atoms with E-state index in [0.717, 1.165) is 16.6 Å². The van der Waals surface area contributed by atoms with Crippen LogP contribution in [0.1, 0.15) is 24.6 Å². The van der Waals surface area contributed by atoms with Gasteiger partial charge >= 0.3 is 0 Å². The number of fused-ring (bicyclic) bond motifs is 1. The zero-order chi connectivity index (χ0) is 16.2. The van der Waals surface area contributed by atoms with Gasteiger partial charge in [-0.05, 0) is 23.8 Å². The molecule has 0 saturated carbocycles. The van der Waals surface area contributed by atoms with Crippen LogP contribution in [-0.4, -0.2) is 21.1 Å². The van der Waals surface area contributed by atoms with Crippen LogP contribution in [0.3, 0.4) is 0 Å². The van der Waals surface area contributed by atoms with Crippen molar-refractivity contribution in [2.75, 3.05) is 5.32 Å². The first kappa shape index (κ1) is 14.9. The molecule has 2 aromatic heterocycles. The number of carbonyl (C=O) groups excluding carboxylic acids is 1. The summed E-state index contributed by atoms with van der Waals surface area (Å²) >= 11 is 0. The Morgan fingerprint density at radius 2 is 2.13 bits per heavy atom. The van der Waals surface area contributed by atoms with Crippen molar-refractivity contribution in [2.24, 2.45) is 0 Å². The molecule has 1 amide bonds. The maximum absolute atomic E-state index is 12.0. The fourth-order valence-corrected chi connectivity index (χ4v) is 2.38. The van der Waals surface area contributed by atoms with E-state index in [4.69, 9.17) is 0 Å². The zero-order valence-electron chi connectivity index (χ0n) is 12.7. The molecule has 0 fully saturated rings. The normalized spacial score (nSPS) is 10.7. The predicted molar refractivity (Wildman–Crippen MR) is 88.3 cm³/mol. The van der Waals surface area contributed by atoms with Crippen LogP contribution in [0.5, 0.6) is 0 Å². The molecule has 6 heteroatoms. The van der Waals surface area contributed by atoms with Crippen LogP contribution in [0.4, 0.5) is 5.69 Å². The van der Waals surface area contributed by atoms with Crippen molar-refractivity contribution in [3.63, 3.8) is 0 Å². The molecule has 0 aliphatic rings. The molecule has 2 N–H and O–H groups in total. The van der Waals surface area contributed by atoms with Crippen LogP contribution >= 0.6 is 0 Å². The second kappa shape index (κ2) is 6.39. The van der Waals surface area contributed by atoms with Gasteiger partial charge in [-0.1, -0.05) is 19.1 Å². The second-order valence-electron chi connectivity index (χ2n) is 5.20. The molecule has 0 unspecified atom stereocenters. The number of hydrogen-bond donors (Lipinski definition) is 2. The van der Waals surface area contributed by atoms with Crippen LogP contribution in [0.2, 0.25) is 0 Å². The first-order chi connectivity index (χ1) is 11.2. The number of nitrogens with one attached hydrogen (secondary N) is 2. The highest BCUT2D eigenvalue weighted by Gasteiger charge is 2.09. The number of pyridine rings is 1. The predicted octanol–water partition coefficient (Wildman–Crippen LogP) is 2.26. The summed E-state index contributed by atoms with van der Waals surface area (Å²) in [5.74, 6) is -0.0922. The van der Waals surface area contributed by atoms with E-state index in [-0.39, 0.29) is 11.5 Å². The Morgan fingerprint density at radius 3 is 2.87 bits per heavy atom. The van der Waals surface area contributed by atoms with Gasteiger partial charge in [-0.3, -0.25) is 14.6 Å². The van der Waals surface area contributed by atoms with Gasteiger partial charge in [0.15, 0.2) is 0 Å². The number of amides is 1. The van der Waals surface area contributed by atoms with E-state index in [1.807, 2.05) is 18.2 Å². The molecule has 0 radical (unpaired) electrons. The lowest BCUT2D eigenvalue weighted by Gasteiger charge is -2.08. The number of benzene rings is 1. The largest absolute Gasteiger partial charge is 0.326 e. The van der Waals surface area contributed by atoms with Gasteiger partial charge in [0.25, 0.3) is 5.56 Å². The number of rotatable bonds is 4. The van der Waals surface area contributed by atoms with Crippen LogP contribution in [0.15, 0.2) is 47.5 Å². The Bertz CT molecular complexity index is 903. The van der Waals surface area contributed by atoms with Crippen molar-refractivity contribution in [3.05, 3.63) is 64.3 Å². The summed E-state index contributed by atoms with van der Waals surface area (Å²) in [6, 6.07) is 9.09. The molecule has 2 heterocycles. The molecule has 116 valence electrons. The average Bonchev–Trinajstić information content (AvgIpc) is 2.58. The lowest BCUT2D eigenvalue weighted by atomic mass is 10.1. The third-order valence-electron chi connectivity index (χ3n) is 3.57. The Hall–Kier alpha value is -3.02. The fourth-order valence-electron chi connectivity index (χ4n) is 2.38. The van der Waals surface area contributed by atoms with Crippen LogP contribution < -0.4 is 10.9 Å².